The molecule has 90 valence electrons. The second kappa shape index (κ2) is 4.70. The molecule has 0 unspecified atom stereocenters. The van der Waals surface area contributed by atoms with Gasteiger partial charge in [0.05, 0.1) is 0 Å². The average molecular weight is 231 g/mol. The lowest BCUT2D eigenvalue weighted by atomic mass is 10.0. The van der Waals surface area contributed by atoms with Gasteiger partial charge in [-0.2, -0.15) is 0 Å². The molecule has 1 heterocycles. The van der Waals surface area contributed by atoms with E-state index in [0.29, 0.717) is 5.56 Å². The van der Waals surface area contributed by atoms with Crippen LogP contribution in [0.15, 0.2) is 18.2 Å². The molecule has 0 aliphatic carbocycles. The quantitative estimate of drug-likeness (QED) is 0.733. The number of hydrogen-bond donors (Lipinski definition) is 0. The summed E-state index contributed by atoms with van der Waals surface area (Å²) in [6, 6.07) is 5.30. The summed E-state index contributed by atoms with van der Waals surface area (Å²) in [5, 5.41) is 0. The maximum absolute atomic E-state index is 12.2. The number of ketones is 1. The molecular formula is C14H17NO2. The number of rotatable bonds is 2. The predicted octanol–water partition coefficient (Wildman–Crippen LogP) is 2.43. The van der Waals surface area contributed by atoms with Crippen molar-refractivity contribution < 1.29 is 9.59 Å². The van der Waals surface area contributed by atoms with Gasteiger partial charge in [-0.3, -0.25) is 9.59 Å². The summed E-state index contributed by atoms with van der Waals surface area (Å²) in [4.78, 5) is 25.3. The van der Waals surface area contributed by atoms with Crippen LogP contribution in [0.3, 0.4) is 0 Å². The summed E-state index contributed by atoms with van der Waals surface area (Å²) >= 11 is 0. The van der Waals surface area contributed by atoms with Gasteiger partial charge in [-0.1, -0.05) is 6.07 Å². The maximum atomic E-state index is 12.2. The molecule has 1 aromatic carbocycles. The first-order valence-corrected chi connectivity index (χ1v) is 6.00. The first kappa shape index (κ1) is 11.8. The number of benzene rings is 1. The Bertz CT molecular complexity index is 459. The molecule has 1 aliphatic heterocycles. The van der Waals surface area contributed by atoms with E-state index in [1.54, 1.807) is 18.2 Å². The molecule has 0 aromatic heterocycles. The number of hydrogen-bond acceptors (Lipinski definition) is 2. The summed E-state index contributed by atoms with van der Waals surface area (Å²) in [6.07, 6.45) is 2.19. The van der Waals surface area contributed by atoms with Gasteiger partial charge >= 0.3 is 0 Å². The predicted molar refractivity (Wildman–Crippen MR) is 66.3 cm³/mol. The SMILES string of the molecule is CC(=O)c1ccc(C(=O)N2CCCC2)c(C)c1. The van der Waals surface area contributed by atoms with E-state index in [1.807, 2.05) is 11.8 Å². The van der Waals surface area contributed by atoms with Crippen LogP contribution in [0, 0.1) is 6.92 Å². The third kappa shape index (κ3) is 2.38. The third-order valence-corrected chi connectivity index (χ3v) is 3.26. The van der Waals surface area contributed by atoms with Crippen molar-refractivity contribution in [3.63, 3.8) is 0 Å². The van der Waals surface area contributed by atoms with E-state index in [0.717, 1.165) is 37.1 Å². The zero-order chi connectivity index (χ0) is 12.4. The van der Waals surface area contributed by atoms with Crippen molar-refractivity contribution >= 4 is 11.7 Å². The lowest BCUT2D eigenvalue weighted by molar-refractivity contribution is 0.0791. The van der Waals surface area contributed by atoms with Gasteiger partial charge in [0, 0.05) is 24.2 Å². The highest BCUT2D eigenvalue weighted by Gasteiger charge is 2.20. The average Bonchev–Trinajstić information content (AvgIpc) is 2.81. The zero-order valence-electron chi connectivity index (χ0n) is 10.3. The number of likely N-dealkylation sites (tertiary alicyclic amines) is 1. The first-order valence-electron chi connectivity index (χ1n) is 6.00. The summed E-state index contributed by atoms with van der Waals surface area (Å²) in [5.74, 6) is 0.128. The Morgan fingerprint density at radius 1 is 1.18 bits per heavy atom. The monoisotopic (exact) mass is 231 g/mol. The minimum absolute atomic E-state index is 0.0354. The molecule has 1 amide bonds. The van der Waals surface area contributed by atoms with Gasteiger partial charge in [0.15, 0.2) is 5.78 Å². The number of nitrogens with zero attached hydrogens (tertiary/aromatic N) is 1. The molecule has 3 nitrogen and oxygen atoms in total. The minimum Gasteiger partial charge on any atom is -0.339 e. The molecule has 3 heteroatoms. The first-order chi connectivity index (χ1) is 8.09. The minimum atomic E-state index is 0.0354. The number of aryl methyl sites for hydroxylation is 1. The molecule has 0 atom stereocenters. The van der Waals surface area contributed by atoms with Crippen molar-refractivity contribution in [2.24, 2.45) is 0 Å². The molecule has 1 fully saturated rings. The normalized spacial score (nSPS) is 15.1. The Labute approximate surface area is 101 Å². The van der Waals surface area contributed by atoms with Gasteiger partial charge in [-0.25, -0.2) is 0 Å². The number of Topliss-reactive ketones (excluding diaryl/α,β-unsaturated/α-hetero) is 1. The lowest BCUT2D eigenvalue weighted by Crippen LogP contribution is -2.28. The molecule has 1 aliphatic rings. The molecule has 0 bridgehead atoms. The van der Waals surface area contributed by atoms with E-state index in [2.05, 4.69) is 0 Å². The molecule has 17 heavy (non-hydrogen) atoms. The van der Waals surface area contributed by atoms with Crippen LogP contribution in [0.4, 0.5) is 0 Å². The van der Waals surface area contributed by atoms with Crippen molar-refractivity contribution in [1.29, 1.82) is 0 Å². The van der Waals surface area contributed by atoms with Crippen LogP contribution in [-0.2, 0) is 0 Å². The van der Waals surface area contributed by atoms with E-state index in [-0.39, 0.29) is 11.7 Å². The fraction of sp³-hybridized carbons (Fsp3) is 0.429. The number of amides is 1. The van der Waals surface area contributed by atoms with Gasteiger partial charge in [-0.15, -0.1) is 0 Å². The lowest BCUT2D eigenvalue weighted by Gasteiger charge is -2.16. The zero-order valence-corrected chi connectivity index (χ0v) is 10.3. The van der Waals surface area contributed by atoms with Crippen molar-refractivity contribution in [2.45, 2.75) is 26.7 Å². The number of carbonyl (C=O) groups excluding carboxylic acids is 2. The third-order valence-electron chi connectivity index (χ3n) is 3.26. The van der Waals surface area contributed by atoms with Gasteiger partial charge in [0.2, 0.25) is 0 Å². The summed E-state index contributed by atoms with van der Waals surface area (Å²) in [6.45, 7) is 5.13. The van der Waals surface area contributed by atoms with Crippen LogP contribution in [0.2, 0.25) is 0 Å². The summed E-state index contributed by atoms with van der Waals surface area (Å²) < 4.78 is 0. The van der Waals surface area contributed by atoms with E-state index in [9.17, 15) is 9.59 Å². The molecule has 0 saturated carbocycles. The fourth-order valence-corrected chi connectivity index (χ4v) is 2.21. The van der Waals surface area contributed by atoms with Gasteiger partial charge in [-0.05, 0) is 44.4 Å². The molecule has 2 rings (SSSR count). The van der Waals surface area contributed by atoms with Crippen molar-refractivity contribution in [3.8, 4) is 0 Å². The Morgan fingerprint density at radius 3 is 2.35 bits per heavy atom. The van der Waals surface area contributed by atoms with Crippen molar-refractivity contribution in [2.75, 3.05) is 13.1 Å². The van der Waals surface area contributed by atoms with Crippen LogP contribution in [0.5, 0.6) is 0 Å². The maximum Gasteiger partial charge on any atom is 0.254 e. The van der Waals surface area contributed by atoms with Gasteiger partial charge < -0.3 is 4.90 Å². The van der Waals surface area contributed by atoms with E-state index in [4.69, 9.17) is 0 Å². The van der Waals surface area contributed by atoms with Crippen LogP contribution in [0.1, 0.15) is 46.0 Å². The molecule has 1 saturated heterocycles. The van der Waals surface area contributed by atoms with Crippen LogP contribution < -0.4 is 0 Å². The van der Waals surface area contributed by atoms with Crippen molar-refractivity contribution in [3.05, 3.63) is 34.9 Å². The second-order valence-corrected chi connectivity index (χ2v) is 4.59. The molecular weight excluding hydrogens is 214 g/mol. The van der Waals surface area contributed by atoms with E-state index < -0.39 is 0 Å². The second-order valence-electron chi connectivity index (χ2n) is 4.59. The summed E-state index contributed by atoms with van der Waals surface area (Å²) in [5.41, 5.74) is 2.27. The van der Waals surface area contributed by atoms with E-state index in [1.165, 1.54) is 6.92 Å². The Balaban J connectivity index is 2.26. The Hall–Kier alpha value is -1.64. The highest BCUT2D eigenvalue weighted by Crippen LogP contribution is 2.17. The molecule has 1 aromatic rings. The van der Waals surface area contributed by atoms with Gasteiger partial charge in [0.25, 0.3) is 5.91 Å². The largest absolute Gasteiger partial charge is 0.339 e. The molecule has 0 spiro atoms. The molecule has 0 radical (unpaired) electrons. The molecule has 0 N–H and O–H groups in total. The fourth-order valence-electron chi connectivity index (χ4n) is 2.21. The van der Waals surface area contributed by atoms with Gasteiger partial charge in [0.1, 0.15) is 0 Å². The Morgan fingerprint density at radius 2 is 1.82 bits per heavy atom. The Kier molecular flexibility index (Phi) is 3.27. The van der Waals surface area contributed by atoms with Crippen LogP contribution in [0.25, 0.3) is 0 Å². The summed E-state index contributed by atoms with van der Waals surface area (Å²) in [7, 11) is 0. The van der Waals surface area contributed by atoms with E-state index >= 15 is 0 Å². The number of carbonyl (C=O) groups is 2. The highest BCUT2D eigenvalue weighted by molar-refractivity contribution is 5.99. The standard InChI is InChI=1S/C14H17NO2/c1-10-9-12(11(2)16)5-6-13(10)14(17)15-7-3-4-8-15/h5-6,9H,3-4,7-8H2,1-2H3. The van der Waals surface area contributed by atoms with Crippen molar-refractivity contribution in [1.82, 2.24) is 4.90 Å². The topological polar surface area (TPSA) is 37.4 Å². The smallest absolute Gasteiger partial charge is 0.254 e. The highest BCUT2D eigenvalue weighted by atomic mass is 16.2. The van der Waals surface area contributed by atoms with Crippen LogP contribution in [-0.4, -0.2) is 29.7 Å². The van der Waals surface area contributed by atoms with Crippen LogP contribution >= 0.6 is 0 Å².